The fraction of sp³-hybridized carbons (Fsp3) is 0.478. The summed E-state index contributed by atoms with van der Waals surface area (Å²) >= 11 is 0. The van der Waals surface area contributed by atoms with Gasteiger partial charge in [0.05, 0.1) is 0 Å². The predicted octanol–water partition coefficient (Wildman–Crippen LogP) is 4.32. The lowest BCUT2D eigenvalue weighted by Gasteiger charge is -2.40. The maximum Gasteiger partial charge on any atom is 0.460 e. The number of hydrogen-bond acceptors (Lipinski definition) is 3. The highest BCUT2D eigenvalue weighted by atomic mass is 19.4. The molecule has 3 nitrogen and oxygen atoms in total. The molecular weight excluding hydrogens is 375 g/mol. The minimum atomic E-state index is -4.35. The van der Waals surface area contributed by atoms with E-state index in [0.717, 1.165) is 42.3 Å². The van der Waals surface area contributed by atoms with Crippen molar-refractivity contribution < 1.29 is 13.2 Å². The molecule has 0 aromatic heterocycles. The van der Waals surface area contributed by atoms with Crippen LogP contribution in [0.1, 0.15) is 23.1 Å². The van der Waals surface area contributed by atoms with Gasteiger partial charge in [0.15, 0.2) is 0 Å². The molecule has 0 amide bonds. The van der Waals surface area contributed by atoms with Gasteiger partial charge in [-0.05, 0) is 49.1 Å². The van der Waals surface area contributed by atoms with Crippen molar-refractivity contribution in [2.75, 3.05) is 38.1 Å². The van der Waals surface area contributed by atoms with Crippen LogP contribution in [0.3, 0.4) is 0 Å². The maximum atomic E-state index is 14.0. The third kappa shape index (κ3) is 4.59. The Morgan fingerprint density at radius 1 is 0.966 bits per heavy atom. The van der Waals surface area contributed by atoms with Crippen molar-refractivity contribution in [2.24, 2.45) is 0 Å². The van der Waals surface area contributed by atoms with Crippen LogP contribution in [0, 0.1) is 0 Å². The molecule has 1 unspecified atom stereocenters. The van der Waals surface area contributed by atoms with Crippen LogP contribution < -0.4 is 4.90 Å². The quantitative estimate of drug-likeness (QED) is 0.704. The van der Waals surface area contributed by atoms with E-state index in [2.05, 4.69) is 35.0 Å². The number of rotatable bonds is 4. The van der Waals surface area contributed by atoms with Gasteiger partial charge in [-0.15, -0.1) is 0 Å². The molecule has 0 saturated carbocycles. The molecule has 6 heteroatoms. The number of fused-ring (bicyclic) bond motifs is 1. The molecule has 0 N–H and O–H groups in total. The van der Waals surface area contributed by atoms with Crippen molar-refractivity contribution in [2.45, 2.75) is 38.1 Å². The van der Waals surface area contributed by atoms with E-state index in [4.69, 9.17) is 0 Å². The molecule has 1 heterocycles. The van der Waals surface area contributed by atoms with Gasteiger partial charge in [-0.25, -0.2) is 4.90 Å². The SMILES string of the molecule is CN1CCN(c2cccc3c2CC(N(Cc2ccccc2)C(F)(F)F)CC3)CC1. The molecule has 0 bridgehead atoms. The van der Waals surface area contributed by atoms with Crippen molar-refractivity contribution in [3.05, 3.63) is 65.2 Å². The minimum Gasteiger partial charge on any atom is -0.369 e. The van der Waals surface area contributed by atoms with Crippen LogP contribution in [0.15, 0.2) is 48.5 Å². The summed E-state index contributed by atoms with van der Waals surface area (Å²) in [6.07, 6.45) is -2.67. The summed E-state index contributed by atoms with van der Waals surface area (Å²) < 4.78 is 41.9. The van der Waals surface area contributed by atoms with Gasteiger partial charge in [-0.1, -0.05) is 42.5 Å². The van der Waals surface area contributed by atoms with Crippen molar-refractivity contribution in [3.63, 3.8) is 0 Å². The second kappa shape index (κ2) is 8.36. The van der Waals surface area contributed by atoms with E-state index in [1.54, 1.807) is 24.3 Å². The third-order valence-corrected chi connectivity index (χ3v) is 6.24. The van der Waals surface area contributed by atoms with Crippen LogP contribution in [0.4, 0.5) is 18.9 Å². The highest BCUT2D eigenvalue weighted by Crippen LogP contribution is 2.36. The average molecular weight is 403 g/mol. The molecule has 4 rings (SSSR count). The standard InChI is InChI=1S/C23H28F3N3/c1-27-12-14-28(15-13-27)22-9-5-8-19-10-11-20(16-21(19)22)29(23(24,25)26)17-18-6-3-2-4-7-18/h2-9,20H,10-17H2,1H3. The highest BCUT2D eigenvalue weighted by Gasteiger charge is 2.43. The Labute approximate surface area is 170 Å². The van der Waals surface area contributed by atoms with E-state index < -0.39 is 12.3 Å². The van der Waals surface area contributed by atoms with E-state index in [1.165, 1.54) is 5.56 Å². The van der Waals surface area contributed by atoms with Crippen LogP contribution in [0.5, 0.6) is 0 Å². The van der Waals surface area contributed by atoms with Crippen molar-refractivity contribution >= 4 is 5.69 Å². The van der Waals surface area contributed by atoms with Crippen LogP contribution in [-0.4, -0.2) is 55.4 Å². The van der Waals surface area contributed by atoms with Gasteiger partial charge in [-0.2, -0.15) is 13.2 Å². The first-order valence-electron chi connectivity index (χ1n) is 10.3. The molecule has 2 aliphatic rings. The Bertz CT molecular complexity index is 814. The largest absolute Gasteiger partial charge is 0.460 e. The molecular formula is C23H28F3N3. The molecule has 29 heavy (non-hydrogen) atoms. The number of likely N-dealkylation sites (N-methyl/N-ethyl adjacent to an activating group) is 1. The number of alkyl halides is 3. The van der Waals surface area contributed by atoms with Crippen LogP contribution in [0.25, 0.3) is 0 Å². The summed E-state index contributed by atoms with van der Waals surface area (Å²) in [5.74, 6) is 0. The Morgan fingerprint density at radius 2 is 1.69 bits per heavy atom. The molecule has 0 radical (unpaired) electrons. The van der Waals surface area contributed by atoms with Crippen molar-refractivity contribution in [1.82, 2.24) is 9.80 Å². The number of anilines is 1. The van der Waals surface area contributed by atoms with Crippen LogP contribution in [0.2, 0.25) is 0 Å². The molecule has 1 saturated heterocycles. The topological polar surface area (TPSA) is 9.72 Å². The van der Waals surface area contributed by atoms with Gasteiger partial charge in [0.25, 0.3) is 0 Å². The van der Waals surface area contributed by atoms with E-state index in [9.17, 15) is 13.2 Å². The van der Waals surface area contributed by atoms with E-state index in [-0.39, 0.29) is 6.54 Å². The molecule has 1 aliphatic carbocycles. The van der Waals surface area contributed by atoms with Gasteiger partial charge in [-0.3, -0.25) is 0 Å². The first-order chi connectivity index (χ1) is 13.9. The number of piperazine rings is 1. The van der Waals surface area contributed by atoms with E-state index >= 15 is 0 Å². The number of benzene rings is 2. The maximum absolute atomic E-state index is 14.0. The van der Waals surface area contributed by atoms with Gasteiger partial charge >= 0.3 is 6.30 Å². The Kier molecular flexibility index (Phi) is 5.83. The molecule has 2 aromatic rings. The number of nitrogens with zero attached hydrogens (tertiary/aromatic N) is 3. The number of aryl methyl sites for hydroxylation is 1. The Hall–Kier alpha value is -2.05. The van der Waals surface area contributed by atoms with Crippen molar-refractivity contribution in [1.29, 1.82) is 0 Å². The Morgan fingerprint density at radius 3 is 2.38 bits per heavy atom. The third-order valence-electron chi connectivity index (χ3n) is 6.24. The van der Waals surface area contributed by atoms with Crippen LogP contribution >= 0.6 is 0 Å². The predicted molar refractivity (Wildman–Crippen MR) is 110 cm³/mol. The van der Waals surface area contributed by atoms with Gasteiger partial charge in [0, 0.05) is 44.5 Å². The Balaban J connectivity index is 1.59. The summed E-state index contributed by atoms with van der Waals surface area (Å²) in [6.45, 7) is 3.71. The lowest BCUT2D eigenvalue weighted by Crippen LogP contribution is -2.48. The molecule has 2 aromatic carbocycles. The fourth-order valence-corrected chi connectivity index (χ4v) is 4.57. The number of halogens is 3. The number of hydrogen-bond donors (Lipinski definition) is 0. The second-order valence-corrected chi connectivity index (χ2v) is 8.18. The molecule has 1 fully saturated rings. The summed E-state index contributed by atoms with van der Waals surface area (Å²) in [5.41, 5.74) is 4.14. The highest BCUT2D eigenvalue weighted by molar-refractivity contribution is 5.58. The lowest BCUT2D eigenvalue weighted by molar-refractivity contribution is -0.263. The molecule has 156 valence electrons. The van der Waals surface area contributed by atoms with Gasteiger partial charge in [0.1, 0.15) is 0 Å². The summed E-state index contributed by atoms with van der Waals surface area (Å²) in [6, 6.07) is 14.7. The second-order valence-electron chi connectivity index (χ2n) is 8.18. The summed E-state index contributed by atoms with van der Waals surface area (Å²) in [4.78, 5) is 5.38. The molecule has 1 aliphatic heterocycles. The summed E-state index contributed by atoms with van der Waals surface area (Å²) in [5, 5.41) is 0. The zero-order chi connectivity index (χ0) is 20.4. The first-order valence-corrected chi connectivity index (χ1v) is 10.3. The summed E-state index contributed by atoms with van der Waals surface area (Å²) in [7, 11) is 2.11. The zero-order valence-electron chi connectivity index (χ0n) is 16.8. The smallest absolute Gasteiger partial charge is 0.369 e. The first kappa shape index (κ1) is 20.2. The fourth-order valence-electron chi connectivity index (χ4n) is 4.57. The van der Waals surface area contributed by atoms with Crippen molar-refractivity contribution in [3.8, 4) is 0 Å². The lowest BCUT2D eigenvalue weighted by atomic mass is 9.85. The van der Waals surface area contributed by atoms with Crippen LogP contribution in [-0.2, 0) is 19.4 Å². The van der Waals surface area contributed by atoms with E-state index in [1.807, 2.05) is 6.07 Å². The van der Waals surface area contributed by atoms with Gasteiger partial charge < -0.3 is 9.80 Å². The minimum absolute atomic E-state index is 0.0962. The molecule has 1 atom stereocenters. The monoisotopic (exact) mass is 403 g/mol. The average Bonchev–Trinajstić information content (AvgIpc) is 2.72. The normalized spacial score (nSPS) is 20.7. The molecule has 0 spiro atoms. The van der Waals surface area contributed by atoms with Gasteiger partial charge in [0.2, 0.25) is 0 Å². The zero-order valence-corrected chi connectivity index (χ0v) is 16.8. The van der Waals surface area contributed by atoms with E-state index in [0.29, 0.717) is 24.8 Å².